The Hall–Kier alpha value is -1.42. The largest absolute Gasteiger partial charge is 0.384 e. The van der Waals surface area contributed by atoms with E-state index < -0.39 is 6.10 Å². The fraction of sp³-hybridized carbons (Fsp3) is 0.0625. The summed E-state index contributed by atoms with van der Waals surface area (Å²) in [5, 5.41) is 12.1. The third-order valence-electron chi connectivity index (χ3n) is 3.22. The number of aromatic nitrogens is 1. The smallest absolute Gasteiger partial charge is 0.106 e. The quantitative estimate of drug-likeness (QED) is 0.726. The summed E-state index contributed by atoms with van der Waals surface area (Å²) in [4.78, 5) is 4.30. The molecule has 1 unspecified atom stereocenters. The molecule has 100 valence electrons. The van der Waals surface area contributed by atoms with Crippen molar-refractivity contribution in [3.05, 3.63) is 75.4 Å². The number of nitrogens with zero attached hydrogens (tertiary/aromatic N) is 1. The van der Waals surface area contributed by atoms with Gasteiger partial charge in [0, 0.05) is 21.6 Å². The van der Waals surface area contributed by atoms with E-state index in [0.717, 1.165) is 20.9 Å². The molecule has 1 atom stereocenters. The van der Waals surface area contributed by atoms with Crippen LogP contribution in [0.15, 0.2) is 59.2 Å². The van der Waals surface area contributed by atoms with Gasteiger partial charge in [0.1, 0.15) is 6.10 Å². The molecular formula is C16H11BrClNO. The SMILES string of the molecule is OC(c1ccc2cccnc2c1)c1cccc(Br)c1Cl. The Balaban J connectivity index is 2.08. The monoisotopic (exact) mass is 347 g/mol. The molecule has 0 aliphatic heterocycles. The zero-order valence-corrected chi connectivity index (χ0v) is 12.8. The molecule has 20 heavy (non-hydrogen) atoms. The normalized spacial score (nSPS) is 12.6. The number of rotatable bonds is 2. The predicted molar refractivity (Wildman–Crippen MR) is 85.0 cm³/mol. The van der Waals surface area contributed by atoms with Gasteiger partial charge in [-0.2, -0.15) is 0 Å². The lowest BCUT2D eigenvalue weighted by atomic mass is 10.00. The highest BCUT2D eigenvalue weighted by molar-refractivity contribution is 9.10. The first-order valence-electron chi connectivity index (χ1n) is 6.13. The van der Waals surface area contributed by atoms with E-state index in [0.29, 0.717) is 10.6 Å². The molecule has 4 heteroatoms. The molecule has 2 nitrogen and oxygen atoms in total. The Morgan fingerprint density at radius 3 is 2.80 bits per heavy atom. The number of fused-ring (bicyclic) bond motifs is 1. The van der Waals surface area contributed by atoms with Crippen LogP contribution in [-0.2, 0) is 0 Å². The average molecular weight is 349 g/mol. The van der Waals surface area contributed by atoms with Gasteiger partial charge in [0.15, 0.2) is 0 Å². The molecule has 0 amide bonds. The van der Waals surface area contributed by atoms with Crippen molar-refractivity contribution in [2.24, 2.45) is 0 Å². The number of halogens is 2. The van der Waals surface area contributed by atoms with Gasteiger partial charge < -0.3 is 5.11 Å². The molecule has 0 spiro atoms. The maximum absolute atomic E-state index is 10.5. The molecule has 3 rings (SSSR count). The van der Waals surface area contributed by atoms with Crippen molar-refractivity contribution in [3.8, 4) is 0 Å². The first-order valence-corrected chi connectivity index (χ1v) is 7.30. The third-order valence-corrected chi connectivity index (χ3v) is 4.53. The van der Waals surface area contributed by atoms with Crippen LogP contribution in [0.5, 0.6) is 0 Å². The molecule has 3 aromatic rings. The van der Waals surface area contributed by atoms with E-state index in [1.165, 1.54) is 0 Å². The van der Waals surface area contributed by atoms with Crippen molar-refractivity contribution >= 4 is 38.4 Å². The number of pyridine rings is 1. The molecule has 1 aromatic heterocycles. The lowest BCUT2D eigenvalue weighted by molar-refractivity contribution is 0.220. The average Bonchev–Trinajstić information content (AvgIpc) is 2.49. The second-order valence-electron chi connectivity index (χ2n) is 4.50. The summed E-state index contributed by atoms with van der Waals surface area (Å²) >= 11 is 9.60. The number of benzene rings is 2. The van der Waals surface area contributed by atoms with Crippen molar-refractivity contribution in [1.29, 1.82) is 0 Å². The van der Waals surface area contributed by atoms with Crippen molar-refractivity contribution in [2.75, 3.05) is 0 Å². The van der Waals surface area contributed by atoms with Crippen LogP contribution in [0.1, 0.15) is 17.2 Å². The summed E-state index contributed by atoms with van der Waals surface area (Å²) in [5.74, 6) is 0. The van der Waals surface area contributed by atoms with E-state index in [1.807, 2.05) is 48.5 Å². The molecule has 1 N–H and O–H groups in total. The molecule has 0 aliphatic carbocycles. The second-order valence-corrected chi connectivity index (χ2v) is 5.73. The van der Waals surface area contributed by atoms with Gasteiger partial charge in [-0.15, -0.1) is 0 Å². The summed E-state index contributed by atoms with van der Waals surface area (Å²) in [5.41, 5.74) is 2.31. The Bertz CT molecular complexity index is 775. The summed E-state index contributed by atoms with van der Waals surface area (Å²) in [6, 6.07) is 15.1. The minimum Gasteiger partial charge on any atom is -0.384 e. The van der Waals surface area contributed by atoms with E-state index in [2.05, 4.69) is 20.9 Å². The molecule has 0 radical (unpaired) electrons. The Kier molecular flexibility index (Phi) is 3.74. The topological polar surface area (TPSA) is 33.1 Å². The summed E-state index contributed by atoms with van der Waals surface area (Å²) < 4.78 is 0.773. The highest BCUT2D eigenvalue weighted by Crippen LogP contribution is 2.33. The van der Waals surface area contributed by atoms with Crippen molar-refractivity contribution in [2.45, 2.75) is 6.10 Å². The van der Waals surface area contributed by atoms with E-state index in [-0.39, 0.29) is 0 Å². The van der Waals surface area contributed by atoms with Crippen LogP contribution >= 0.6 is 27.5 Å². The van der Waals surface area contributed by atoms with Gasteiger partial charge >= 0.3 is 0 Å². The zero-order chi connectivity index (χ0) is 14.1. The Morgan fingerprint density at radius 2 is 1.95 bits per heavy atom. The number of hydrogen-bond donors (Lipinski definition) is 1. The summed E-state index contributed by atoms with van der Waals surface area (Å²) in [6.45, 7) is 0. The van der Waals surface area contributed by atoms with Crippen molar-refractivity contribution < 1.29 is 5.11 Å². The minimum atomic E-state index is -0.772. The molecule has 2 aromatic carbocycles. The summed E-state index contributed by atoms with van der Waals surface area (Å²) in [7, 11) is 0. The van der Waals surface area contributed by atoms with E-state index in [4.69, 9.17) is 11.6 Å². The van der Waals surface area contributed by atoms with Crippen LogP contribution in [0.25, 0.3) is 10.9 Å². The Morgan fingerprint density at radius 1 is 1.10 bits per heavy atom. The zero-order valence-electron chi connectivity index (χ0n) is 10.4. The molecule has 0 fully saturated rings. The van der Waals surface area contributed by atoms with E-state index >= 15 is 0 Å². The van der Waals surface area contributed by atoms with Crippen LogP contribution in [0.4, 0.5) is 0 Å². The van der Waals surface area contributed by atoms with Crippen LogP contribution < -0.4 is 0 Å². The number of aliphatic hydroxyl groups excluding tert-OH is 1. The summed E-state index contributed by atoms with van der Waals surface area (Å²) in [6.07, 6.45) is 0.969. The van der Waals surface area contributed by atoms with E-state index in [9.17, 15) is 5.11 Å². The second kappa shape index (κ2) is 5.52. The molecule has 0 saturated heterocycles. The van der Waals surface area contributed by atoms with Gasteiger partial charge in [0.25, 0.3) is 0 Å². The van der Waals surface area contributed by atoms with Gasteiger partial charge in [0.05, 0.1) is 10.5 Å². The fourth-order valence-corrected chi connectivity index (χ4v) is 2.78. The molecule has 0 saturated carbocycles. The maximum atomic E-state index is 10.5. The van der Waals surface area contributed by atoms with Gasteiger partial charge in [-0.1, -0.05) is 41.9 Å². The van der Waals surface area contributed by atoms with Gasteiger partial charge in [-0.25, -0.2) is 0 Å². The van der Waals surface area contributed by atoms with Gasteiger partial charge in [-0.05, 0) is 39.7 Å². The molecule has 0 aliphatic rings. The lowest BCUT2D eigenvalue weighted by Gasteiger charge is -2.14. The molecule has 1 heterocycles. The minimum absolute atomic E-state index is 0.529. The third kappa shape index (κ3) is 2.44. The maximum Gasteiger partial charge on any atom is 0.106 e. The van der Waals surface area contributed by atoms with Crippen LogP contribution in [0, 0.1) is 0 Å². The van der Waals surface area contributed by atoms with Crippen molar-refractivity contribution in [1.82, 2.24) is 4.98 Å². The van der Waals surface area contributed by atoms with Crippen LogP contribution in [-0.4, -0.2) is 10.1 Å². The number of hydrogen-bond acceptors (Lipinski definition) is 2. The molecule has 0 bridgehead atoms. The highest BCUT2D eigenvalue weighted by Gasteiger charge is 2.15. The van der Waals surface area contributed by atoms with Gasteiger partial charge in [-0.3, -0.25) is 4.98 Å². The van der Waals surface area contributed by atoms with E-state index in [1.54, 1.807) is 6.20 Å². The molecular weight excluding hydrogens is 338 g/mol. The lowest BCUT2D eigenvalue weighted by Crippen LogP contribution is -2.01. The number of aliphatic hydroxyl groups is 1. The Labute approximate surface area is 130 Å². The predicted octanol–water partition coefficient (Wildman–Crippen LogP) is 4.73. The standard InChI is InChI=1S/C16H11BrClNO/c17-13-5-1-4-12(15(13)18)16(20)11-7-6-10-3-2-8-19-14(10)9-11/h1-9,16,20H. The first kappa shape index (κ1) is 13.6. The van der Waals surface area contributed by atoms with Crippen molar-refractivity contribution in [3.63, 3.8) is 0 Å². The van der Waals surface area contributed by atoms with Crippen LogP contribution in [0.3, 0.4) is 0 Å². The first-order chi connectivity index (χ1) is 9.66. The van der Waals surface area contributed by atoms with Crippen LogP contribution in [0.2, 0.25) is 5.02 Å². The highest BCUT2D eigenvalue weighted by atomic mass is 79.9. The fourth-order valence-electron chi connectivity index (χ4n) is 2.16. The van der Waals surface area contributed by atoms with Gasteiger partial charge in [0.2, 0.25) is 0 Å².